The molecule has 1 aromatic heterocycles. The SMILES string of the molecule is CCCNC(C)/C=C/c1sc(N2CCOCC2)nc1C. The molecule has 112 valence electrons. The highest BCUT2D eigenvalue weighted by Gasteiger charge is 2.15. The van der Waals surface area contributed by atoms with E-state index in [4.69, 9.17) is 9.72 Å². The molecule has 5 heteroatoms. The van der Waals surface area contributed by atoms with E-state index in [0.29, 0.717) is 6.04 Å². The average Bonchev–Trinajstić information content (AvgIpc) is 2.85. The minimum Gasteiger partial charge on any atom is -0.378 e. The number of aromatic nitrogens is 1. The molecule has 0 saturated carbocycles. The summed E-state index contributed by atoms with van der Waals surface area (Å²) in [5.41, 5.74) is 1.12. The van der Waals surface area contributed by atoms with Gasteiger partial charge in [-0.15, -0.1) is 0 Å². The van der Waals surface area contributed by atoms with E-state index in [9.17, 15) is 0 Å². The number of anilines is 1. The zero-order valence-electron chi connectivity index (χ0n) is 12.7. The number of ether oxygens (including phenoxy) is 1. The Kier molecular flexibility index (Phi) is 6.01. The minimum absolute atomic E-state index is 0.406. The van der Waals surface area contributed by atoms with Gasteiger partial charge in [-0.2, -0.15) is 0 Å². The molecule has 1 fully saturated rings. The molecule has 4 nitrogen and oxygen atoms in total. The third-order valence-electron chi connectivity index (χ3n) is 3.36. The first-order chi connectivity index (χ1) is 9.70. The van der Waals surface area contributed by atoms with Crippen LogP contribution in [0, 0.1) is 6.92 Å². The van der Waals surface area contributed by atoms with Crippen molar-refractivity contribution in [1.82, 2.24) is 10.3 Å². The second-order valence-corrected chi connectivity index (χ2v) is 6.16. The fourth-order valence-electron chi connectivity index (χ4n) is 2.11. The van der Waals surface area contributed by atoms with Gasteiger partial charge < -0.3 is 15.0 Å². The zero-order valence-corrected chi connectivity index (χ0v) is 13.5. The summed E-state index contributed by atoms with van der Waals surface area (Å²) in [4.78, 5) is 8.27. The van der Waals surface area contributed by atoms with Gasteiger partial charge in [-0.1, -0.05) is 24.3 Å². The largest absolute Gasteiger partial charge is 0.378 e. The predicted octanol–water partition coefficient (Wildman–Crippen LogP) is 2.69. The summed E-state index contributed by atoms with van der Waals surface area (Å²) < 4.78 is 5.39. The van der Waals surface area contributed by atoms with Crippen LogP contribution in [0.1, 0.15) is 30.8 Å². The number of nitrogens with one attached hydrogen (secondary N) is 1. The number of hydrogen-bond acceptors (Lipinski definition) is 5. The van der Waals surface area contributed by atoms with Crippen molar-refractivity contribution in [2.75, 3.05) is 37.7 Å². The van der Waals surface area contributed by atoms with E-state index in [2.05, 4.69) is 43.1 Å². The molecule has 1 aliphatic rings. The molecule has 1 saturated heterocycles. The lowest BCUT2D eigenvalue weighted by Gasteiger charge is -2.25. The number of rotatable bonds is 6. The molecule has 20 heavy (non-hydrogen) atoms. The van der Waals surface area contributed by atoms with Gasteiger partial charge in [0.05, 0.1) is 23.8 Å². The normalized spacial score (nSPS) is 17.9. The van der Waals surface area contributed by atoms with Crippen LogP contribution in [0.5, 0.6) is 0 Å². The Bertz CT molecular complexity index is 438. The minimum atomic E-state index is 0.406. The van der Waals surface area contributed by atoms with Gasteiger partial charge in [0.25, 0.3) is 0 Å². The van der Waals surface area contributed by atoms with Gasteiger partial charge in [0, 0.05) is 19.1 Å². The standard InChI is InChI=1S/C15H25N3OS/c1-4-7-16-12(2)5-6-14-13(3)17-15(20-14)18-8-10-19-11-9-18/h5-6,12,16H,4,7-11H2,1-3H3/b6-5+. The average molecular weight is 295 g/mol. The smallest absolute Gasteiger partial charge is 0.186 e. The molecule has 1 atom stereocenters. The molecule has 0 aliphatic carbocycles. The topological polar surface area (TPSA) is 37.4 Å². The summed E-state index contributed by atoms with van der Waals surface area (Å²) in [6.45, 7) is 11.0. The number of nitrogens with zero attached hydrogens (tertiary/aromatic N) is 2. The summed E-state index contributed by atoms with van der Waals surface area (Å²) in [5, 5.41) is 4.59. The Morgan fingerprint density at radius 3 is 2.90 bits per heavy atom. The van der Waals surface area contributed by atoms with Crippen molar-refractivity contribution in [3.8, 4) is 0 Å². The molecule has 0 aromatic carbocycles. The molecule has 1 aromatic rings. The van der Waals surface area contributed by atoms with E-state index >= 15 is 0 Å². The van der Waals surface area contributed by atoms with Crippen molar-refractivity contribution in [3.63, 3.8) is 0 Å². The maximum absolute atomic E-state index is 5.39. The first kappa shape index (κ1) is 15.5. The van der Waals surface area contributed by atoms with Gasteiger partial charge in [0.15, 0.2) is 5.13 Å². The van der Waals surface area contributed by atoms with Gasteiger partial charge in [0.1, 0.15) is 0 Å². The highest BCUT2D eigenvalue weighted by atomic mass is 32.1. The summed E-state index contributed by atoms with van der Waals surface area (Å²) in [6.07, 6.45) is 5.59. The van der Waals surface area contributed by atoms with E-state index in [1.165, 1.54) is 11.3 Å². The molecule has 0 bridgehead atoms. The van der Waals surface area contributed by atoms with Crippen LogP contribution in [0.15, 0.2) is 6.08 Å². The molecular formula is C15H25N3OS. The van der Waals surface area contributed by atoms with Gasteiger partial charge in [-0.05, 0) is 32.9 Å². The second-order valence-electron chi connectivity index (χ2n) is 5.15. The van der Waals surface area contributed by atoms with E-state index < -0.39 is 0 Å². The summed E-state index contributed by atoms with van der Waals surface area (Å²) in [7, 11) is 0. The third kappa shape index (κ3) is 4.30. The summed E-state index contributed by atoms with van der Waals surface area (Å²) in [5.74, 6) is 0. The van der Waals surface area contributed by atoms with Crippen LogP contribution in [0.3, 0.4) is 0 Å². The van der Waals surface area contributed by atoms with Crippen LogP contribution in [-0.4, -0.2) is 43.9 Å². The van der Waals surface area contributed by atoms with Crippen LogP contribution < -0.4 is 10.2 Å². The van der Waals surface area contributed by atoms with E-state index in [1.807, 2.05) is 0 Å². The first-order valence-electron chi connectivity index (χ1n) is 7.42. The Morgan fingerprint density at radius 2 is 2.20 bits per heavy atom. The lowest BCUT2D eigenvalue weighted by molar-refractivity contribution is 0.122. The van der Waals surface area contributed by atoms with Crippen molar-refractivity contribution in [2.45, 2.75) is 33.2 Å². The van der Waals surface area contributed by atoms with Crippen molar-refractivity contribution in [3.05, 3.63) is 16.6 Å². The lowest BCUT2D eigenvalue weighted by Crippen LogP contribution is -2.36. The van der Waals surface area contributed by atoms with Crippen LogP contribution in [0.25, 0.3) is 6.08 Å². The monoisotopic (exact) mass is 295 g/mol. The first-order valence-corrected chi connectivity index (χ1v) is 8.24. The van der Waals surface area contributed by atoms with Gasteiger partial charge in [0.2, 0.25) is 0 Å². The quantitative estimate of drug-likeness (QED) is 0.875. The third-order valence-corrected chi connectivity index (χ3v) is 4.54. The Morgan fingerprint density at radius 1 is 1.45 bits per heavy atom. The fourth-order valence-corrected chi connectivity index (χ4v) is 3.14. The molecule has 0 spiro atoms. The van der Waals surface area contributed by atoms with Crippen molar-refractivity contribution in [2.24, 2.45) is 0 Å². The fraction of sp³-hybridized carbons (Fsp3) is 0.667. The zero-order chi connectivity index (χ0) is 14.4. The Balaban J connectivity index is 1.98. The molecule has 2 heterocycles. The van der Waals surface area contributed by atoms with Crippen LogP contribution >= 0.6 is 11.3 Å². The summed E-state index contributed by atoms with van der Waals surface area (Å²) >= 11 is 1.78. The molecule has 2 rings (SSSR count). The van der Waals surface area contributed by atoms with Gasteiger partial charge in [-0.3, -0.25) is 0 Å². The Hall–Kier alpha value is -0.910. The molecular weight excluding hydrogens is 270 g/mol. The number of thiazole rings is 1. The van der Waals surface area contributed by atoms with E-state index in [1.54, 1.807) is 11.3 Å². The number of aryl methyl sites for hydroxylation is 1. The highest BCUT2D eigenvalue weighted by Crippen LogP contribution is 2.27. The maximum atomic E-state index is 5.39. The molecule has 1 aliphatic heterocycles. The molecule has 0 amide bonds. The second kappa shape index (κ2) is 7.76. The predicted molar refractivity (Wildman–Crippen MR) is 86.7 cm³/mol. The summed E-state index contributed by atoms with van der Waals surface area (Å²) in [6, 6.07) is 0.406. The van der Waals surface area contributed by atoms with Gasteiger partial charge in [-0.25, -0.2) is 4.98 Å². The van der Waals surface area contributed by atoms with E-state index in [0.717, 1.165) is 43.7 Å². The number of hydrogen-bond donors (Lipinski definition) is 1. The number of morpholine rings is 1. The van der Waals surface area contributed by atoms with E-state index in [-0.39, 0.29) is 0 Å². The van der Waals surface area contributed by atoms with Crippen molar-refractivity contribution in [1.29, 1.82) is 0 Å². The maximum Gasteiger partial charge on any atom is 0.186 e. The van der Waals surface area contributed by atoms with Crippen molar-refractivity contribution >= 4 is 22.5 Å². The molecule has 1 unspecified atom stereocenters. The van der Waals surface area contributed by atoms with Crippen LogP contribution in [-0.2, 0) is 4.74 Å². The van der Waals surface area contributed by atoms with Crippen LogP contribution in [0.2, 0.25) is 0 Å². The van der Waals surface area contributed by atoms with Crippen molar-refractivity contribution < 1.29 is 4.74 Å². The molecule has 0 radical (unpaired) electrons. The molecule has 1 N–H and O–H groups in total. The van der Waals surface area contributed by atoms with Crippen LogP contribution in [0.4, 0.5) is 5.13 Å². The highest BCUT2D eigenvalue weighted by molar-refractivity contribution is 7.16. The van der Waals surface area contributed by atoms with Gasteiger partial charge >= 0.3 is 0 Å². The lowest BCUT2D eigenvalue weighted by atomic mass is 10.2. The Labute approximate surface area is 125 Å².